The number of benzene rings is 3. The lowest BCUT2D eigenvalue weighted by molar-refractivity contribution is 0.306. The first-order chi connectivity index (χ1) is 11.1. The molecule has 2 N–H and O–H groups in total. The van der Waals surface area contributed by atoms with Gasteiger partial charge in [0.15, 0.2) is 11.6 Å². The largest absolute Gasteiger partial charge is 0.489 e. The van der Waals surface area contributed by atoms with E-state index in [0.29, 0.717) is 23.6 Å². The average Bonchev–Trinajstić information content (AvgIpc) is 2.57. The zero-order valence-corrected chi connectivity index (χ0v) is 12.3. The molecular weight excluding hydrogens is 296 g/mol. The van der Waals surface area contributed by atoms with Gasteiger partial charge >= 0.3 is 0 Å². The number of ether oxygens (including phenoxy) is 1. The van der Waals surface area contributed by atoms with E-state index in [1.165, 1.54) is 12.1 Å². The van der Waals surface area contributed by atoms with Crippen LogP contribution in [0.4, 0.5) is 14.5 Å². The maximum absolute atomic E-state index is 13.9. The smallest absolute Gasteiger partial charge is 0.166 e. The monoisotopic (exact) mass is 311 g/mol. The molecule has 0 bridgehead atoms. The molecular formula is C19H15F2NO. The third kappa shape index (κ3) is 3.31. The normalized spacial score (nSPS) is 10.5. The van der Waals surface area contributed by atoms with Crippen molar-refractivity contribution in [3.05, 3.63) is 83.9 Å². The molecule has 0 saturated carbocycles. The Morgan fingerprint density at radius 1 is 0.826 bits per heavy atom. The Kier molecular flexibility index (Phi) is 4.24. The second kappa shape index (κ2) is 6.48. The Morgan fingerprint density at radius 2 is 1.61 bits per heavy atom. The molecule has 116 valence electrons. The standard InChI is InChI=1S/C19H15F2NO/c20-17-8-4-7-16(19(17)21)15-10-9-14(11-18(15)22)23-12-13-5-2-1-3-6-13/h1-11H,12,22H2. The molecule has 23 heavy (non-hydrogen) atoms. The summed E-state index contributed by atoms with van der Waals surface area (Å²) < 4.78 is 32.9. The van der Waals surface area contributed by atoms with E-state index in [9.17, 15) is 8.78 Å². The first-order valence-corrected chi connectivity index (χ1v) is 7.16. The molecule has 3 aromatic carbocycles. The zero-order valence-electron chi connectivity index (χ0n) is 12.3. The molecule has 0 aromatic heterocycles. The second-order valence-electron chi connectivity index (χ2n) is 5.12. The molecule has 0 aliphatic heterocycles. The molecule has 0 unspecified atom stereocenters. The highest BCUT2D eigenvalue weighted by Gasteiger charge is 2.12. The highest BCUT2D eigenvalue weighted by Crippen LogP contribution is 2.32. The van der Waals surface area contributed by atoms with Crippen LogP contribution in [0.25, 0.3) is 11.1 Å². The molecule has 3 rings (SSSR count). The van der Waals surface area contributed by atoms with Gasteiger partial charge in [-0.2, -0.15) is 0 Å². The van der Waals surface area contributed by atoms with Crippen molar-refractivity contribution in [1.82, 2.24) is 0 Å². The summed E-state index contributed by atoms with van der Waals surface area (Å²) in [6, 6.07) is 18.7. The van der Waals surface area contributed by atoms with Gasteiger partial charge in [-0.3, -0.25) is 0 Å². The molecule has 0 heterocycles. The fourth-order valence-electron chi connectivity index (χ4n) is 2.33. The molecule has 0 spiro atoms. The van der Waals surface area contributed by atoms with Crippen molar-refractivity contribution < 1.29 is 13.5 Å². The van der Waals surface area contributed by atoms with Crippen LogP contribution >= 0.6 is 0 Å². The van der Waals surface area contributed by atoms with Crippen LogP contribution in [0.1, 0.15) is 5.56 Å². The molecule has 0 aliphatic carbocycles. The lowest BCUT2D eigenvalue weighted by atomic mass is 10.0. The first kappa shape index (κ1) is 15.0. The SMILES string of the molecule is Nc1cc(OCc2ccccc2)ccc1-c1cccc(F)c1F. The van der Waals surface area contributed by atoms with Gasteiger partial charge in [0.1, 0.15) is 12.4 Å². The first-order valence-electron chi connectivity index (χ1n) is 7.16. The predicted octanol–water partition coefficient (Wildman–Crippen LogP) is 4.79. The summed E-state index contributed by atoms with van der Waals surface area (Å²) in [5.74, 6) is -1.23. The van der Waals surface area contributed by atoms with Gasteiger partial charge in [-0.25, -0.2) is 8.78 Å². The molecule has 0 radical (unpaired) electrons. The highest BCUT2D eigenvalue weighted by atomic mass is 19.2. The fraction of sp³-hybridized carbons (Fsp3) is 0.0526. The van der Waals surface area contributed by atoms with E-state index >= 15 is 0 Å². The maximum atomic E-state index is 13.9. The van der Waals surface area contributed by atoms with E-state index in [4.69, 9.17) is 10.5 Å². The van der Waals surface area contributed by atoms with Crippen LogP contribution in [0.5, 0.6) is 5.75 Å². The molecule has 0 fully saturated rings. The zero-order chi connectivity index (χ0) is 16.2. The van der Waals surface area contributed by atoms with Crippen molar-refractivity contribution in [3.8, 4) is 16.9 Å². The minimum absolute atomic E-state index is 0.136. The Hall–Kier alpha value is -2.88. The molecule has 0 aliphatic rings. The minimum atomic E-state index is -0.905. The molecule has 0 atom stereocenters. The van der Waals surface area contributed by atoms with E-state index < -0.39 is 11.6 Å². The van der Waals surface area contributed by atoms with Gasteiger partial charge in [-0.15, -0.1) is 0 Å². The summed E-state index contributed by atoms with van der Waals surface area (Å²) in [6.07, 6.45) is 0. The number of nitrogen functional groups attached to an aromatic ring is 1. The molecule has 3 aromatic rings. The van der Waals surface area contributed by atoms with Crippen LogP contribution in [-0.4, -0.2) is 0 Å². The van der Waals surface area contributed by atoms with Crippen LogP contribution < -0.4 is 10.5 Å². The van der Waals surface area contributed by atoms with Crippen LogP contribution in [0.15, 0.2) is 66.7 Å². The Labute approximate surface area is 133 Å². The molecule has 0 saturated heterocycles. The summed E-state index contributed by atoms with van der Waals surface area (Å²) in [6.45, 7) is 0.411. The Morgan fingerprint density at radius 3 is 2.35 bits per heavy atom. The van der Waals surface area contributed by atoms with E-state index in [1.807, 2.05) is 30.3 Å². The van der Waals surface area contributed by atoms with Gasteiger partial charge in [0.05, 0.1) is 0 Å². The van der Waals surface area contributed by atoms with Crippen molar-refractivity contribution in [2.75, 3.05) is 5.73 Å². The van der Waals surface area contributed by atoms with E-state index in [-0.39, 0.29) is 5.56 Å². The third-order valence-electron chi connectivity index (χ3n) is 3.51. The molecule has 0 amide bonds. The number of nitrogens with two attached hydrogens (primary N) is 1. The number of halogens is 2. The van der Waals surface area contributed by atoms with Crippen LogP contribution in [-0.2, 0) is 6.61 Å². The summed E-state index contributed by atoms with van der Waals surface area (Å²) >= 11 is 0. The predicted molar refractivity (Wildman–Crippen MR) is 87.0 cm³/mol. The maximum Gasteiger partial charge on any atom is 0.166 e. The second-order valence-corrected chi connectivity index (χ2v) is 5.12. The minimum Gasteiger partial charge on any atom is -0.489 e. The lowest BCUT2D eigenvalue weighted by Crippen LogP contribution is -1.98. The van der Waals surface area contributed by atoms with Gasteiger partial charge in [-0.1, -0.05) is 42.5 Å². The van der Waals surface area contributed by atoms with Crippen molar-refractivity contribution >= 4 is 5.69 Å². The van der Waals surface area contributed by atoms with E-state index in [1.54, 1.807) is 18.2 Å². The van der Waals surface area contributed by atoms with Gasteiger partial charge in [-0.05, 0) is 23.8 Å². The average molecular weight is 311 g/mol. The van der Waals surface area contributed by atoms with Crippen LogP contribution in [0, 0.1) is 11.6 Å². The van der Waals surface area contributed by atoms with Gasteiger partial charge in [0.2, 0.25) is 0 Å². The van der Waals surface area contributed by atoms with Gasteiger partial charge in [0, 0.05) is 22.9 Å². The summed E-state index contributed by atoms with van der Waals surface area (Å²) in [7, 11) is 0. The summed E-state index contributed by atoms with van der Waals surface area (Å²) in [4.78, 5) is 0. The topological polar surface area (TPSA) is 35.2 Å². The number of anilines is 1. The Bertz CT molecular complexity index is 819. The lowest BCUT2D eigenvalue weighted by Gasteiger charge is -2.11. The van der Waals surface area contributed by atoms with Crippen molar-refractivity contribution in [3.63, 3.8) is 0 Å². The highest BCUT2D eigenvalue weighted by molar-refractivity contribution is 5.77. The van der Waals surface area contributed by atoms with E-state index in [0.717, 1.165) is 11.6 Å². The number of hydrogen-bond acceptors (Lipinski definition) is 2. The Balaban J connectivity index is 1.82. The van der Waals surface area contributed by atoms with Crippen LogP contribution in [0.3, 0.4) is 0 Å². The fourth-order valence-corrected chi connectivity index (χ4v) is 2.33. The van der Waals surface area contributed by atoms with Crippen molar-refractivity contribution in [2.24, 2.45) is 0 Å². The molecule has 2 nitrogen and oxygen atoms in total. The molecule has 4 heteroatoms. The summed E-state index contributed by atoms with van der Waals surface area (Å²) in [5.41, 5.74) is 7.91. The third-order valence-corrected chi connectivity index (χ3v) is 3.51. The van der Waals surface area contributed by atoms with E-state index in [2.05, 4.69) is 0 Å². The van der Waals surface area contributed by atoms with Crippen LogP contribution in [0.2, 0.25) is 0 Å². The summed E-state index contributed by atoms with van der Waals surface area (Å²) in [5, 5.41) is 0. The van der Waals surface area contributed by atoms with Crippen molar-refractivity contribution in [2.45, 2.75) is 6.61 Å². The quantitative estimate of drug-likeness (QED) is 0.703. The van der Waals surface area contributed by atoms with Gasteiger partial charge < -0.3 is 10.5 Å². The van der Waals surface area contributed by atoms with Gasteiger partial charge in [0.25, 0.3) is 0 Å². The number of hydrogen-bond donors (Lipinski definition) is 1. The number of rotatable bonds is 4. The van der Waals surface area contributed by atoms with Crippen molar-refractivity contribution in [1.29, 1.82) is 0 Å².